The van der Waals surface area contributed by atoms with E-state index in [-0.39, 0.29) is 30.9 Å². The first-order chi connectivity index (χ1) is 18.4. The summed E-state index contributed by atoms with van der Waals surface area (Å²) in [5.74, 6) is -3.40. The van der Waals surface area contributed by atoms with Gasteiger partial charge in [0.25, 0.3) is 0 Å². The van der Waals surface area contributed by atoms with Crippen molar-refractivity contribution in [2.45, 2.75) is 70.3 Å². The Labute approximate surface area is 227 Å². The molecule has 0 saturated carbocycles. The van der Waals surface area contributed by atoms with Crippen molar-refractivity contribution in [3.05, 3.63) is 65.7 Å². The molecule has 3 amide bonds. The minimum absolute atomic E-state index is 0.0447. The van der Waals surface area contributed by atoms with Crippen LogP contribution in [0.4, 0.5) is 0 Å². The van der Waals surface area contributed by atoms with Crippen LogP contribution in [0.2, 0.25) is 0 Å². The SMILES string of the molecule is CC(C)CC(NC(=O)C(NC(=O)C(N)Cc1ccc(O)cc1)C(C)O)C(=O)NC(Cc1ccccc1)C(=O)O. The Morgan fingerprint density at radius 3 is 1.87 bits per heavy atom. The number of nitrogens with two attached hydrogens (primary N) is 1. The quantitative estimate of drug-likeness (QED) is 0.179. The molecule has 2 aromatic rings. The smallest absolute Gasteiger partial charge is 0.326 e. The van der Waals surface area contributed by atoms with Gasteiger partial charge in [-0.05, 0) is 48.9 Å². The van der Waals surface area contributed by atoms with Crippen LogP contribution < -0.4 is 21.7 Å². The number of phenols is 1. The lowest BCUT2D eigenvalue weighted by molar-refractivity contribution is -0.142. The first-order valence-corrected chi connectivity index (χ1v) is 12.8. The van der Waals surface area contributed by atoms with Crippen LogP contribution in [0.15, 0.2) is 54.6 Å². The molecule has 39 heavy (non-hydrogen) atoms. The van der Waals surface area contributed by atoms with Crippen molar-refractivity contribution in [3.8, 4) is 5.75 Å². The second kappa shape index (κ2) is 14.8. The topological polar surface area (TPSA) is 191 Å². The van der Waals surface area contributed by atoms with Crippen molar-refractivity contribution in [2.24, 2.45) is 11.7 Å². The standard InChI is InChI=1S/C28H38N4O7/c1-16(2)13-22(26(36)31-23(28(38)39)15-18-7-5-4-6-8-18)30-27(37)24(17(3)33)32-25(35)21(29)14-19-9-11-20(34)12-10-19/h4-12,16-17,21-24,33-34H,13-15,29H2,1-3H3,(H,30,37)(H,31,36)(H,32,35)(H,38,39). The fourth-order valence-corrected chi connectivity index (χ4v) is 3.93. The summed E-state index contributed by atoms with van der Waals surface area (Å²) in [7, 11) is 0. The second-order valence-electron chi connectivity index (χ2n) is 9.98. The van der Waals surface area contributed by atoms with E-state index in [0.29, 0.717) is 5.56 Å². The van der Waals surface area contributed by atoms with E-state index >= 15 is 0 Å². The Morgan fingerprint density at radius 1 is 0.769 bits per heavy atom. The second-order valence-corrected chi connectivity index (χ2v) is 9.98. The van der Waals surface area contributed by atoms with Crippen LogP contribution >= 0.6 is 0 Å². The summed E-state index contributed by atoms with van der Waals surface area (Å²) in [6, 6.07) is 10.2. The summed E-state index contributed by atoms with van der Waals surface area (Å²) in [4.78, 5) is 50.7. The van der Waals surface area contributed by atoms with Gasteiger partial charge in [0.1, 0.15) is 23.9 Å². The van der Waals surface area contributed by atoms with Gasteiger partial charge in [-0.2, -0.15) is 0 Å². The highest BCUT2D eigenvalue weighted by Crippen LogP contribution is 2.12. The Hall–Kier alpha value is -3.96. The lowest BCUT2D eigenvalue weighted by Gasteiger charge is -2.27. The van der Waals surface area contributed by atoms with Crippen molar-refractivity contribution >= 4 is 23.7 Å². The third-order valence-electron chi connectivity index (χ3n) is 6.03. The van der Waals surface area contributed by atoms with Crippen LogP contribution in [0.5, 0.6) is 5.75 Å². The van der Waals surface area contributed by atoms with Crippen molar-refractivity contribution in [1.29, 1.82) is 0 Å². The van der Waals surface area contributed by atoms with Crippen LogP contribution in [-0.2, 0) is 32.0 Å². The molecule has 11 heteroatoms. The number of aliphatic hydroxyl groups is 1. The number of nitrogens with one attached hydrogen (secondary N) is 3. The molecule has 0 fully saturated rings. The number of aromatic hydroxyl groups is 1. The van der Waals surface area contributed by atoms with Gasteiger partial charge < -0.3 is 37.0 Å². The monoisotopic (exact) mass is 542 g/mol. The summed E-state index contributed by atoms with van der Waals surface area (Å²) in [5.41, 5.74) is 7.39. The fourth-order valence-electron chi connectivity index (χ4n) is 3.93. The van der Waals surface area contributed by atoms with Crippen LogP contribution in [0.25, 0.3) is 0 Å². The van der Waals surface area contributed by atoms with E-state index < -0.39 is 54.0 Å². The van der Waals surface area contributed by atoms with Crippen LogP contribution in [0, 0.1) is 5.92 Å². The molecule has 2 rings (SSSR count). The van der Waals surface area contributed by atoms with E-state index in [1.165, 1.54) is 19.1 Å². The highest BCUT2D eigenvalue weighted by molar-refractivity contribution is 5.94. The number of phenolic OH excluding ortho intramolecular Hbond substituents is 1. The molecule has 212 valence electrons. The number of carbonyl (C=O) groups excluding carboxylic acids is 3. The highest BCUT2D eigenvalue weighted by atomic mass is 16.4. The Balaban J connectivity index is 2.09. The molecule has 0 aliphatic rings. The average molecular weight is 543 g/mol. The van der Waals surface area contributed by atoms with Gasteiger partial charge in [-0.1, -0.05) is 56.3 Å². The molecule has 0 radical (unpaired) electrons. The maximum atomic E-state index is 13.1. The molecule has 5 unspecified atom stereocenters. The first kappa shape index (κ1) is 31.3. The summed E-state index contributed by atoms with van der Waals surface area (Å²) in [5, 5.41) is 36.8. The first-order valence-electron chi connectivity index (χ1n) is 12.8. The minimum Gasteiger partial charge on any atom is -0.508 e. The minimum atomic E-state index is -1.41. The third-order valence-corrected chi connectivity index (χ3v) is 6.03. The Morgan fingerprint density at radius 2 is 1.33 bits per heavy atom. The lowest BCUT2D eigenvalue weighted by atomic mass is 10.0. The van der Waals surface area contributed by atoms with E-state index in [2.05, 4.69) is 16.0 Å². The number of carboxylic acid groups (broad SMARTS) is 1. The van der Waals surface area contributed by atoms with Crippen molar-refractivity contribution in [2.75, 3.05) is 0 Å². The van der Waals surface area contributed by atoms with E-state index in [4.69, 9.17) is 5.73 Å². The van der Waals surface area contributed by atoms with Gasteiger partial charge in [-0.3, -0.25) is 14.4 Å². The van der Waals surface area contributed by atoms with Gasteiger partial charge in [0.2, 0.25) is 17.7 Å². The van der Waals surface area contributed by atoms with Gasteiger partial charge in [0.15, 0.2) is 0 Å². The summed E-state index contributed by atoms with van der Waals surface area (Å²) < 4.78 is 0. The predicted molar refractivity (Wildman–Crippen MR) is 144 cm³/mol. The van der Waals surface area contributed by atoms with Crippen molar-refractivity contribution in [1.82, 2.24) is 16.0 Å². The lowest BCUT2D eigenvalue weighted by Crippen LogP contribution is -2.60. The average Bonchev–Trinajstić information content (AvgIpc) is 2.87. The molecular formula is C28H38N4O7. The molecule has 0 spiro atoms. The van der Waals surface area contributed by atoms with Crippen LogP contribution in [0.3, 0.4) is 0 Å². The summed E-state index contributed by atoms with van der Waals surface area (Å²) in [6.07, 6.45) is -0.954. The van der Waals surface area contributed by atoms with E-state index in [1.54, 1.807) is 42.5 Å². The zero-order chi connectivity index (χ0) is 29.1. The zero-order valence-electron chi connectivity index (χ0n) is 22.3. The van der Waals surface area contributed by atoms with Gasteiger partial charge in [0.05, 0.1) is 12.1 Å². The largest absolute Gasteiger partial charge is 0.508 e. The number of hydrogen-bond acceptors (Lipinski definition) is 7. The molecule has 0 aromatic heterocycles. The number of amides is 3. The van der Waals surface area contributed by atoms with Gasteiger partial charge in [-0.25, -0.2) is 4.79 Å². The number of rotatable bonds is 14. The van der Waals surface area contributed by atoms with Crippen LogP contribution in [-0.4, -0.2) is 69.3 Å². The highest BCUT2D eigenvalue weighted by Gasteiger charge is 2.32. The fraction of sp³-hybridized carbons (Fsp3) is 0.429. The Bertz CT molecular complexity index is 1110. The molecule has 5 atom stereocenters. The van der Waals surface area contributed by atoms with E-state index in [9.17, 15) is 34.5 Å². The summed E-state index contributed by atoms with van der Waals surface area (Å²) >= 11 is 0. The number of benzene rings is 2. The predicted octanol–water partition coefficient (Wildman–Crippen LogP) is 0.471. The van der Waals surface area contributed by atoms with E-state index in [1.807, 2.05) is 13.8 Å². The van der Waals surface area contributed by atoms with Gasteiger partial charge in [-0.15, -0.1) is 0 Å². The number of aliphatic carboxylic acids is 1. The van der Waals surface area contributed by atoms with Gasteiger partial charge in [0, 0.05) is 6.42 Å². The molecule has 8 N–H and O–H groups in total. The van der Waals surface area contributed by atoms with Crippen molar-refractivity contribution < 1.29 is 34.5 Å². The van der Waals surface area contributed by atoms with E-state index in [0.717, 1.165) is 5.56 Å². The molecular weight excluding hydrogens is 504 g/mol. The number of carbonyl (C=O) groups is 4. The Kier molecular flexibility index (Phi) is 11.9. The van der Waals surface area contributed by atoms with Gasteiger partial charge >= 0.3 is 5.97 Å². The molecule has 0 aliphatic heterocycles. The summed E-state index contributed by atoms with van der Waals surface area (Å²) in [6.45, 7) is 4.98. The maximum absolute atomic E-state index is 13.1. The number of carboxylic acids is 1. The molecule has 0 bridgehead atoms. The molecule has 2 aromatic carbocycles. The molecule has 0 heterocycles. The third kappa shape index (κ3) is 10.4. The number of hydrogen-bond donors (Lipinski definition) is 7. The number of aliphatic hydroxyl groups excluding tert-OH is 1. The zero-order valence-corrected chi connectivity index (χ0v) is 22.3. The van der Waals surface area contributed by atoms with Crippen LogP contribution in [0.1, 0.15) is 38.3 Å². The normalized spacial score (nSPS) is 14.9. The molecule has 0 saturated heterocycles. The van der Waals surface area contributed by atoms with Crippen molar-refractivity contribution in [3.63, 3.8) is 0 Å². The maximum Gasteiger partial charge on any atom is 0.326 e. The molecule has 11 nitrogen and oxygen atoms in total. The molecule has 0 aliphatic carbocycles.